The summed E-state index contributed by atoms with van der Waals surface area (Å²) in [5.41, 5.74) is 1.05. The molecule has 2 rings (SSSR count). The SMILES string of the molecule is COc1cc2c(cc1[N+](=O)[O-])C(=O)N(C)CCC2. The highest BCUT2D eigenvalue weighted by Crippen LogP contribution is 2.32. The highest BCUT2D eigenvalue weighted by atomic mass is 16.6. The quantitative estimate of drug-likeness (QED) is 0.590. The lowest BCUT2D eigenvalue weighted by Crippen LogP contribution is -2.26. The van der Waals surface area contributed by atoms with E-state index in [0.29, 0.717) is 12.1 Å². The number of carbonyl (C=O) groups is 1. The third kappa shape index (κ3) is 2.01. The van der Waals surface area contributed by atoms with Crippen LogP contribution in [0.1, 0.15) is 22.3 Å². The Bertz CT molecular complexity index is 513. The summed E-state index contributed by atoms with van der Waals surface area (Å²) in [7, 11) is 3.09. The van der Waals surface area contributed by atoms with Crippen LogP contribution >= 0.6 is 0 Å². The fraction of sp³-hybridized carbons (Fsp3) is 0.417. The summed E-state index contributed by atoms with van der Waals surface area (Å²) in [5, 5.41) is 10.9. The molecule has 0 N–H and O–H groups in total. The number of ether oxygens (including phenoxy) is 1. The Labute approximate surface area is 104 Å². The van der Waals surface area contributed by atoms with E-state index in [2.05, 4.69) is 0 Å². The Kier molecular flexibility index (Phi) is 3.18. The fourth-order valence-corrected chi connectivity index (χ4v) is 2.14. The third-order valence-electron chi connectivity index (χ3n) is 3.12. The fourth-order valence-electron chi connectivity index (χ4n) is 2.14. The van der Waals surface area contributed by atoms with Gasteiger partial charge in [-0.1, -0.05) is 0 Å². The van der Waals surface area contributed by atoms with Crippen LogP contribution in [0.15, 0.2) is 12.1 Å². The molecule has 0 radical (unpaired) electrons. The molecule has 1 aliphatic rings. The van der Waals surface area contributed by atoms with Crippen LogP contribution in [0.3, 0.4) is 0 Å². The third-order valence-corrected chi connectivity index (χ3v) is 3.12. The van der Waals surface area contributed by atoms with E-state index in [1.165, 1.54) is 13.2 Å². The molecule has 0 saturated carbocycles. The van der Waals surface area contributed by atoms with Crippen molar-refractivity contribution in [2.75, 3.05) is 20.7 Å². The normalized spacial score (nSPS) is 15.0. The minimum absolute atomic E-state index is 0.167. The second kappa shape index (κ2) is 4.64. The molecule has 1 aromatic carbocycles. The van der Waals surface area contributed by atoms with Crippen molar-refractivity contribution in [3.05, 3.63) is 33.4 Å². The Morgan fingerprint density at radius 2 is 2.17 bits per heavy atom. The monoisotopic (exact) mass is 250 g/mol. The van der Waals surface area contributed by atoms with E-state index in [0.717, 1.165) is 18.4 Å². The number of amides is 1. The van der Waals surface area contributed by atoms with E-state index in [4.69, 9.17) is 4.74 Å². The molecule has 0 unspecified atom stereocenters. The van der Waals surface area contributed by atoms with Gasteiger partial charge in [0.05, 0.1) is 12.0 Å². The Morgan fingerprint density at radius 1 is 1.44 bits per heavy atom. The molecule has 1 amide bonds. The minimum atomic E-state index is -0.530. The van der Waals surface area contributed by atoms with E-state index >= 15 is 0 Å². The largest absolute Gasteiger partial charge is 0.490 e. The maximum absolute atomic E-state index is 12.1. The predicted molar refractivity (Wildman–Crippen MR) is 64.9 cm³/mol. The predicted octanol–water partition coefficient (Wildman–Crippen LogP) is 1.62. The Morgan fingerprint density at radius 3 is 2.78 bits per heavy atom. The van der Waals surface area contributed by atoms with Gasteiger partial charge in [-0.25, -0.2) is 0 Å². The van der Waals surface area contributed by atoms with Crippen molar-refractivity contribution in [1.29, 1.82) is 0 Å². The second-order valence-corrected chi connectivity index (χ2v) is 4.27. The average Bonchev–Trinajstić information content (AvgIpc) is 2.48. The smallest absolute Gasteiger partial charge is 0.311 e. The molecular weight excluding hydrogens is 236 g/mol. The molecule has 0 bridgehead atoms. The topological polar surface area (TPSA) is 72.7 Å². The first kappa shape index (κ1) is 12.3. The lowest BCUT2D eigenvalue weighted by molar-refractivity contribution is -0.385. The van der Waals surface area contributed by atoms with Gasteiger partial charge in [-0.3, -0.25) is 14.9 Å². The van der Waals surface area contributed by atoms with Crippen LogP contribution < -0.4 is 4.74 Å². The van der Waals surface area contributed by atoms with E-state index in [1.807, 2.05) is 0 Å². The lowest BCUT2D eigenvalue weighted by Gasteiger charge is -2.14. The number of nitro groups is 1. The van der Waals surface area contributed by atoms with Crippen LogP contribution in [0.5, 0.6) is 5.75 Å². The van der Waals surface area contributed by atoms with E-state index in [9.17, 15) is 14.9 Å². The van der Waals surface area contributed by atoms with Crippen molar-refractivity contribution >= 4 is 11.6 Å². The van der Waals surface area contributed by atoms with Crippen LogP contribution in [0.25, 0.3) is 0 Å². The summed E-state index contributed by atoms with van der Waals surface area (Å²) >= 11 is 0. The Balaban J connectivity index is 2.60. The molecule has 1 aliphatic heterocycles. The molecule has 96 valence electrons. The van der Waals surface area contributed by atoms with E-state index in [-0.39, 0.29) is 17.3 Å². The molecular formula is C12H14N2O4. The number of nitro benzene ring substituents is 1. The maximum Gasteiger partial charge on any atom is 0.311 e. The van der Waals surface area contributed by atoms with Gasteiger partial charge in [-0.2, -0.15) is 0 Å². The molecule has 0 spiro atoms. The standard InChI is InChI=1S/C12H14N2O4/c1-13-5-3-4-8-6-11(18-2)10(14(16)17)7-9(8)12(13)15/h6-7H,3-5H2,1-2H3. The molecule has 6 nitrogen and oxygen atoms in total. The van der Waals surface area contributed by atoms with Gasteiger partial charge in [0.25, 0.3) is 5.91 Å². The van der Waals surface area contributed by atoms with Crippen LogP contribution in [-0.2, 0) is 6.42 Å². The van der Waals surface area contributed by atoms with Gasteiger partial charge < -0.3 is 9.64 Å². The summed E-state index contributed by atoms with van der Waals surface area (Å²) in [6.45, 7) is 0.656. The molecule has 6 heteroatoms. The molecule has 0 saturated heterocycles. The average molecular weight is 250 g/mol. The highest BCUT2D eigenvalue weighted by molar-refractivity contribution is 5.97. The number of hydrogen-bond donors (Lipinski definition) is 0. The van der Waals surface area contributed by atoms with Crippen LogP contribution in [0.2, 0.25) is 0 Å². The van der Waals surface area contributed by atoms with Gasteiger partial charge in [0.15, 0.2) is 5.75 Å². The molecule has 18 heavy (non-hydrogen) atoms. The molecule has 1 aromatic rings. The summed E-state index contributed by atoms with van der Waals surface area (Å²) in [6, 6.07) is 2.92. The molecule has 0 fully saturated rings. The number of carbonyl (C=O) groups excluding carboxylic acids is 1. The Hall–Kier alpha value is -2.11. The van der Waals surface area contributed by atoms with Crippen molar-refractivity contribution in [3.8, 4) is 5.75 Å². The molecule has 0 aromatic heterocycles. The zero-order chi connectivity index (χ0) is 13.3. The van der Waals surface area contributed by atoms with Gasteiger partial charge in [0.1, 0.15) is 0 Å². The highest BCUT2D eigenvalue weighted by Gasteiger charge is 2.25. The summed E-state index contributed by atoms with van der Waals surface area (Å²) in [4.78, 5) is 24.1. The molecule has 0 atom stereocenters. The first-order valence-electron chi connectivity index (χ1n) is 5.65. The summed E-state index contributed by atoms with van der Waals surface area (Å²) in [6.07, 6.45) is 1.57. The number of fused-ring (bicyclic) bond motifs is 1. The number of methoxy groups -OCH3 is 1. The van der Waals surface area contributed by atoms with E-state index < -0.39 is 4.92 Å². The zero-order valence-electron chi connectivity index (χ0n) is 10.3. The van der Waals surface area contributed by atoms with Crippen molar-refractivity contribution in [1.82, 2.24) is 4.90 Å². The van der Waals surface area contributed by atoms with Crippen LogP contribution in [0.4, 0.5) is 5.69 Å². The summed E-state index contributed by atoms with van der Waals surface area (Å²) in [5.74, 6) is 0.0318. The van der Waals surface area contributed by atoms with Crippen LogP contribution in [0, 0.1) is 10.1 Å². The zero-order valence-corrected chi connectivity index (χ0v) is 10.3. The minimum Gasteiger partial charge on any atom is -0.490 e. The first-order valence-corrected chi connectivity index (χ1v) is 5.65. The van der Waals surface area contributed by atoms with Crippen molar-refractivity contribution < 1.29 is 14.5 Å². The van der Waals surface area contributed by atoms with Crippen molar-refractivity contribution in [3.63, 3.8) is 0 Å². The van der Waals surface area contributed by atoms with E-state index in [1.54, 1.807) is 18.0 Å². The van der Waals surface area contributed by atoms with Gasteiger partial charge in [-0.15, -0.1) is 0 Å². The number of aryl methyl sites for hydroxylation is 1. The molecule has 0 aliphatic carbocycles. The summed E-state index contributed by atoms with van der Waals surface area (Å²) < 4.78 is 5.01. The number of benzene rings is 1. The number of nitrogens with zero attached hydrogens (tertiary/aromatic N) is 2. The molecule has 1 heterocycles. The van der Waals surface area contributed by atoms with Crippen molar-refractivity contribution in [2.24, 2.45) is 0 Å². The maximum atomic E-state index is 12.1. The lowest BCUT2D eigenvalue weighted by atomic mass is 10.0. The van der Waals surface area contributed by atoms with Crippen molar-refractivity contribution in [2.45, 2.75) is 12.8 Å². The van der Waals surface area contributed by atoms with Gasteiger partial charge in [-0.05, 0) is 24.5 Å². The second-order valence-electron chi connectivity index (χ2n) is 4.27. The van der Waals surface area contributed by atoms with Gasteiger partial charge in [0, 0.05) is 25.2 Å². The van der Waals surface area contributed by atoms with Crippen LogP contribution in [-0.4, -0.2) is 36.4 Å². The number of rotatable bonds is 2. The number of hydrogen-bond acceptors (Lipinski definition) is 4. The van der Waals surface area contributed by atoms with Gasteiger partial charge >= 0.3 is 5.69 Å². The van der Waals surface area contributed by atoms with Gasteiger partial charge in [0.2, 0.25) is 0 Å². The first-order chi connectivity index (χ1) is 8.54.